The van der Waals surface area contributed by atoms with Crippen molar-refractivity contribution < 1.29 is 9.53 Å². The number of nitrogens with zero attached hydrogens (tertiary/aromatic N) is 1. The predicted octanol–water partition coefficient (Wildman–Crippen LogP) is 0.908. The van der Waals surface area contributed by atoms with Gasteiger partial charge >= 0.3 is 0 Å². The van der Waals surface area contributed by atoms with Crippen LogP contribution < -0.4 is 5.32 Å². The predicted molar refractivity (Wildman–Crippen MR) is 64.7 cm³/mol. The van der Waals surface area contributed by atoms with Crippen LogP contribution in [0, 0.1) is 0 Å². The first kappa shape index (κ1) is 11.5. The van der Waals surface area contributed by atoms with Gasteiger partial charge in [0.1, 0.15) is 0 Å². The van der Waals surface area contributed by atoms with Gasteiger partial charge in [-0.2, -0.15) is 0 Å². The summed E-state index contributed by atoms with van der Waals surface area (Å²) in [5.41, 5.74) is 0.170. The average Bonchev–Trinajstić information content (AvgIpc) is 2.59. The van der Waals surface area contributed by atoms with Gasteiger partial charge in [-0.25, -0.2) is 0 Å². The lowest BCUT2D eigenvalue weighted by Gasteiger charge is -2.47. The SMILES string of the molecule is CN1CCC(NC2CCOC3(CCC3)C2)C1=O. The molecule has 1 amide bonds. The molecule has 0 aromatic heterocycles. The summed E-state index contributed by atoms with van der Waals surface area (Å²) in [4.78, 5) is 13.7. The Labute approximate surface area is 103 Å². The molecular weight excluding hydrogens is 216 g/mol. The molecular formula is C13H22N2O2. The molecule has 2 atom stereocenters. The van der Waals surface area contributed by atoms with Crippen LogP contribution in [0.4, 0.5) is 0 Å². The molecule has 3 aliphatic rings. The molecule has 4 nitrogen and oxygen atoms in total. The second kappa shape index (κ2) is 4.25. The van der Waals surface area contributed by atoms with Crippen LogP contribution in [0.25, 0.3) is 0 Å². The average molecular weight is 238 g/mol. The van der Waals surface area contributed by atoms with Crippen molar-refractivity contribution in [1.29, 1.82) is 0 Å². The monoisotopic (exact) mass is 238 g/mol. The topological polar surface area (TPSA) is 41.6 Å². The smallest absolute Gasteiger partial charge is 0.239 e. The summed E-state index contributed by atoms with van der Waals surface area (Å²) < 4.78 is 5.91. The highest BCUT2D eigenvalue weighted by atomic mass is 16.5. The molecule has 2 unspecified atom stereocenters. The third kappa shape index (κ3) is 2.08. The van der Waals surface area contributed by atoms with Crippen molar-refractivity contribution in [1.82, 2.24) is 10.2 Å². The van der Waals surface area contributed by atoms with Crippen molar-refractivity contribution in [2.45, 2.75) is 56.2 Å². The molecule has 2 aliphatic heterocycles. The Bertz CT molecular complexity index is 315. The second-order valence-corrected chi connectivity index (χ2v) is 5.84. The number of carbonyl (C=O) groups excluding carboxylic acids is 1. The van der Waals surface area contributed by atoms with E-state index in [2.05, 4.69) is 5.32 Å². The molecule has 3 rings (SSSR count). The number of ether oxygens (including phenoxy) is 1. The van der Waals surface area contributed by atoms with Gasteiger partial charge in [-0.3, -0.25) is 4.79 Å². The Morgan fingerprint density at radius 1 is 1.41 bits per heavy atom. The van der Waals surface area contributed by atoms with Crippen LogP contribution in [-0.4, -0.2) is 48.7 Å². The summed E-state index contributed by atoms with van der Waals surface area (Å²) in [7, 11) is 1.89. The Hall–Kier alpha value is -0.610. The highest BCUT2D eigenvalue weighted by Crippen LogP contribution is 2.42. The molecule has 1 spiro atoms. The normalized spacial score (nSPS) is 36.3. The molecule has 2 saturated heterocycles. The minimum absolute atomic E-state index is 0.0558. The van der Waals surface area contributed by atoms with Crippen LogP contribution >= 0.6 is 0 Å². The summed E-state index contributed by atoms with van der Waals surface area (Å²) in [5, 5.41) is 3.55. The van der Waals surface area contributed by atoms with E-state index in [1.807, 2.05) is 11.9 Å². The lowest BCUT2D eigenvalue weighted by atomic mass is 9.74. The van der Waals surface area contributed by atoms with Gasteiger partial charge < -0.3 is 15.0 Å². The van der Waals surface area contributed by atoms with Gasteiger partial charge in [0, 0.05) is 26.2 Å². The first-order valence-corrected chi connectivity index (χ1v) is 6.84. The van der Waals surface area contributed by atoms with Gasteiger partial charge in [0.05, 0.1) is 11.6 Å². The van der Waals surface area contributed by atoms with Crippen LogP contribution in [-0.2, 0) is 9.53 Å². The third-order valence-corrected chi connectivity index (χ3v) is 4.62. The minimum atomic E-state index is 0.0558. The standard InChI is InChI=1S/C13H22N2O2/c1-15-7-3-11(12(15)16)14-10-4-8-17-13(9-10)5-2-6-13/h10-11,14H,2-9H2,1H3. The number of nitrogens with one attached hydrogen (secondary N) is 1. The van der Waals surface area contributed by atoms with Crippen LogP contribution in [0.1, 0.15) is 38.5 Å². The molecule has 0 bridgehead atoms. The van der Waals surface area contributed by atoms with Crippen LogP contribution in [0.15, 0.2) is 0 Å². The maximum Gasteiger partial charge on any atom is 0.239 e. The third-order valence-electron chi connectivity index (χ3n) is 4.62. The van der Waals surface area contributed by atoms with E-state index in [-0.39, 0.29) is 17.6 Å². The molecule has 1 saturated carbocycles. The van der Waals surface area contributed by atoms with E-state index in [9.17, 15) is 4.79 Å². The van der Waals surface area contributed by atoms with Crippen molar-refractivity contribution in [2.75, 3.05) is 20.2 Å². The van der Waals surface area contributed by atoms with Crippen molar-refractivity contribution in [2.24, 2.45) is 0 Å². The number of likely N-dealkylation sites (N-methyl/N-ethyl adjacent to an activating group) is 1. The van der Waals surface area contributed by atoms with Crippen molar-refractivity contribution >= 4 is 5.91 Å². The van der Waals surface area contributed by atoms with Gasteiger partial charge in [0.25, 0.3) is 0 Å². The van der Waals surface area contributed by atoms with E-state index in [0.717, 1.165) is 32.4 Å². The zero-order chi connectivity index (χ0) is 11.9. The van der Waals surface area contributed by atoms with Crippen LogP contribution in [0.3, 0.4) is 0 Å². The number of hydrogen-bond donors (Lipinski definition) is 1. The largest absolute Gasteiger partial charge is 0.375 e. The van der Waals surface area contributed by atoms with Crippen molar-refractivity contribution in [3.63, 3.8) is 0 Å². The van der Waals surface area contributed by atoms with Gasteiger partial charge in [0.15, 0.2) is 0 Å². The zero-order valence-corrected chi connectivity index (χ0v) is 10.6. The first-order chi connectivity index (χ1) is 8.19. The van der Waals surface area contributed by atoms with Crippen molar-refractivity contribution in [3.05, 3.63) is 0 Å². The number of amides is 1. The highest BCUT2D eigenvalue weighted by Gasteiger charge is 2.43. The molecule has 1 aliphatic carbocycles. The van der Waals surface area contributed by atoms with Gasteiger partial charge in [0.2, 0.25) is 5.91 Å². The lowest BCUT2D eigenvalue weighted by Crippen LogP contribution is -2.53. The van der Waals surface area contributed by atoms with Gasteiger partial charge in [-0.05, 0) is 38.5 Å². The lowest BCUT2D eigenvalue weighted by molar-refractivity contribution is -0.139. The second-order valence-electron chi connectivity index (χ2n) is 5.84. The number of hydrogen-bond acceptors (Lipinski definition) is 3. The molecule has 96 valence electrons. The van der Waals surface area contributed by atoms with E-state index in [0.29, 0.717) is 6.04 Å². The van der Waals surface area contributed by atoms with Gasteiger partial charge in [-0.1, -0.05) is 0 Å². The molecule has 2 heterocycles. The summed E-state index contributed by atoms with van der Waals surface area (Å²) in [6, 6.07) is 0.532. The van der Waals surface area contributed by atoms with E-state index in [4.69, 9.17) is 4.74 Å². The molecule has 3 fully saturated rings. The Morgan fingerprint density at radius 3 is 2.82 bits per heavy atom. The highest BCUT2D eigenvalue weighted by molar-refractivity contribution is 5.83. The molecule has 0 aromatic rings. The maximum atomic E-state index is 11.9. The number of carbonyl (C=O) groups is 1. The fourth-order valence-electron chi connectivity index (χ4n) is 3.35. The Morgan fingerprint density at radius 2 is 2.24 bits per heavy atom. The van der Waals surface area contributed by atoms with E-state index < -0.39 is 0 Å². The van der Waals surface area contributed by atoms with Gasteiger partial charge in [-0.15, -0.1) is 0 Å². The Kier molecular flexibility index (Phi) is 2.87. The quantitative estimate of drug-likeness (QED) is 0.777. The molecule has 4 heteroatoms. The molecule has 0 radical (unpaired) electrons. The minimum Gasteiger partial charge on any atom is -0.375 e. The summed E-state index contributed by atoms with van der Waals surface area (Å²) in [6.07, 6.45) is 6.83. The molecule has 17 heavy (non-hydrogen) atoms. The van der Waals surface area contributed by atoms with Crippen molar-refractivity contribution in [3.8, 4) is 0 Å². The number of rotatable bonds is 2. The zero-order valence-electron chi connectivity index (χ0n) is 10.6. The fraction of sp³-hybridized carbons (Fsp3) is 0.923. The fourth-order valence-corrected chi connectivity index (χ4v) is 3.35. The van der Waals surface area contributed by atoms with E-state index in [1.165, 1.54) is 19.3 Å². The van der Waals surface area contributed by atoms with E-state index in [1.54, 1.807) is 0 Å². The molecule has 0 aromatic carbocycles. The first-order valence-electron chi connectivity index (χ1n) is 6.84. The summed E-state index contributed by atoms with van der Waals surface area (Å²) in [6.45, 7) is 1.75. The molecule has 1 N–H and O–H groups in total. The summed E-state index contributed by atoms with van der Waals surface area (Å²) in [5.74, 6) is 0.263. The number of likely N-dealkylation sites (tertiary alicyclic amines) is 1. The van der Waals surface area contributed by atoms with Crippen LogP contribution in [0.5, 0.6) is 0 Å². The Balaban J connectivity index is 1.56. The van der Waals surface area contributed by atoms with Crippen LogP contribution in [0.2, 0.25) is 0 Å². The van der Waals surface area contributed by atoms with E-state index >= 15 is 0 Å². The maximum absolute atomic E-state index is 11.9. The summed E-state index contributed by atoms with van der Waals surface area (Å²) >= 11 is 0.